The van der Waals surface area contributed by atoms with Crippen molar-refractivity contribution < 1.29 is 4.42 Å². The first kappa shape index (κ1) is 31.5. The minimum absolute atomic E-state index is 0.0859. The molecule has 0 fully saturated rings. The maximum absolute atomic E-state index is 6.81. The zero-order chi connectivity index (χ0) is 34.7. The topological polar surface area (TPSA) is 30.1 Å². The standard InChI is InChI=1S/C47H43BN2O/c1-5-6-8-15-30-22-25-33(26-23-30)49-39-20-13-11-18-34(39)36-29-38(47(2,3)4)42-35-19-12-14-21-40(35)50-44-37-28-32(31-16-9-7-10-17-31)24-27-41(37)51-46(44)48-43(36)45(42)50/h7,9-14,16-29,48-49H,5-6,8,15H2,1-4H3. The maximum atomic E-state index is 6.81. The van der Waals surface area contributed by atoms with Crippen LogP contribution in [0.3, 0.4) is 0 Å². The Hall–Kier alpha value is -5.48. The number of anilines is 2. The molecule has 0 unspecified atom stereocenters. The second kappa shape index (κ2) is 12.4. The number of fused-ring (bicyclic) bond motifs is 7. The van der Waals surface area contributed by atoms with Gasteiger partial charge in [-0.15, -0.1) is 0 Å². The van der Waals surface area contributed by atoms with Crippen molar-refractivity contribution in [3.05, 3.63) is 139 Å². The van der Waals surface area contributed by atoms with E-state index in [9.17, 15) is 0 Å². The van der Waals surface area contributed by atoms with Crippen LogP contribution in [0.2, 0.25) is 0 Å². The second-order valence-corrected chi connectivity index (χ2v) is 15.2. The number of aryl methyl sites for hydroxylation is 1. The van der Waals surface area contributed by atoms with Crippen molar-refractivity contribution in [1.29, 1.82) is 0 Å². The Morgan fingerprint density at radius 1 is 0.706 bits per heavy atom. The number of hydrogen-bond donors (Lipinski definition) is 1. The second-order valence-electron chi connectivity index (χ2n) is 15.2. The molecule has 2 aromatic heterocycles. The monoisotopic (exact) mass is 662 g/mol. The molecule has 0 amide bonds. The molecule has 3 heterocycles. The summed E-state index contributed by atoms with van der Waals surface area (Å²) in [4.78, 5) is 0. The van der Waals surface area contributed by atoms with Gasteiger partial charge in [0.15, 0.2) is 0 Å². The van der Waals surface area contributed by atoms with E-state index in [1.165, 1.54) is 85.6 Å². The summed E-state index contributed by atoms with van der Waals surface area (Å²) < 4.78 is 9.33. The molecule has 0 saturated heterocycles. The quantitative estimate of drug-likeness (QED) is 0.130. The number of benzene rings is 6. The van der Waals surface area contributed by atoms with Crippen LogP contribution >= 0.6 is 0 Å². The smallest absolute Gasteiger partial charge is 0.244 e. The minimum atomic E-state index is -0.0859. The number of furan rings is 1. The average molecular weight is 663 g/mol. The van der Waals surface area contributed by atoms with Gasteiger partial charge in [0.05, 0.1) is 16.9 Å². The van der Waals surface area contributed by atoms with Crippen LogP contribution < -0.4 is 16.4 Å². The summed E-state index contributed by atoms with van der Waals surface area (Å²) in [5, 5.41) is 7.61. The van der Waals surface area contributed by atoms with Crippen LogP contribution in [0.4, 0.5) is 11.4 Å². The molecule has 1 aliphatic heterocycles. The Morgan fingerprint density at radius 3 is 2.27 bits per heavy atom. The van der Waals surface area contributed by atoms with E-state index < -0.39 is 0 Å². The van der Waals surface area contributed by atoms with E-state index in [0.717, 1.165) is 41.7 Å². The molecule has 0 radical (unpaired) electrons. The molecule has 9 rings (SSSR count). The Labute approximate surface area is 301 Å². The third-order valence-corrected chi connectivity index (χ3v) is 10.8. The average Bonchev–Trinajstić information content (AvgIpc) is 3.69. The van der Waals surface area contributed by atoms with E-state index in [4.69, 9.17) is 4.42 Å². The molecule has 0 saturated carbocycles. The van der Waals surface area contributed by atoms with Gasteiger partial charge in [-0.1, -0.05) is 132 Å². The fourth-order valence-corrected chi connectivity index (χ4v) is 8.26. The van der Waals surface area contributed by atoms with Crippen molar-refractivity contribution in [3.8, 4) is 27.9 Å². The van der Waals surface area contributed by atoms with Crippen molar-refractivity contribution in [2.45, 2.75) is 58.8 Å². The van der Waals surface area contributed by atoms with Gasteiger partial charge in [-0.05, 0) is 87.9 Å². The highest BCUT2D eigenvalue weighted by molar-refractivity contribution is 6.73. The molecule has 6 aromatic carbocycles. The van der Waals surface area contributed by atoms with Crippen molar-refractivity contribution in [3.63, 3.8) is 0 Å². The first-order chi connectivity index (χ1) is 24.9. The molecule has 250 valence electrons. The SMILES string of the molecule is CCCCCc1ccc(Nc2ccccc2-c2cc(C(C)(C)C)c3c4ccccc4n4c3c2Bc2oc3ccc(-c5ccccc5)cc3c2-4)cc1. The van der Waals surface area contributed by atoms with Gasteiger partial charge in [0.1, 0.15) is 5.58 Å². The molecule has 1 aliphatic rings. The molecule has 4 heteroatoms. The van der Waals surface area contributed by atoms with Gasteiger partial charge in [0.25, 0.3) is 0 Å². The van der Waals surface area contributed by atoms with Gasteiger partial charge in [0.2, 0.25) is 7.28 Å². The van der Waals surface area contributed by atoms with E-state index in [0.29, 0.717) is 0 Å². The zero-order valence-corrected chi connectivity index (χ0v) is 30.0. The van der Waals surface area contributed by atoms with Crippen LogP contribution in [0.1, 0.15) is 58.1 Å². The number of para-hydroxylation sites is 2. The third-order valence-electron chi connectivity index (χ3n) is 10.8. The predicted octanol–water partition coefficient (Wildman–Crippen LogP) is 11.3. The van der Waals surface area contributed by atoms with E-state index in [1.54, 1.807) is 0 Å². The van der Waals surface area contributed by atoms with Crippen LogP contribution in [0.25, 0.3) is 60.7 Å². The molecule has 1 N–H and O–H groups in total. The Bertz CT molecular complexity index is 2570. The first-order valence-electron chi connectivity index (χ1n) is 18.5. The lowest BCUT2D eigenvalue weighted by Crippen LogP contribution is -2.36. The van der Waals surface area contributed by atoms with Gasteiger partial charge in [-0.2, -0.15) is 0 Å². The summed E-state index contributed by atoms with van der Waals surface area (Å²) >= 11 is 0. The van der Waals surface area contributed by atoms with Crippen LogP contribution in [0, 0.1) is 0 Å². The van der Waals surface area contributed by atoms with Gasteiger partial charge < -0.3 is 14.3 Å². The van der Waals surface area contributed by atoms with E-state index in [-0.39, 0.29) is 5.41 Å². The predicted molar refractivity (Wildman–Crippen MR) is 219 cm³/mol. The van der Waals surface area contributed by atoms with Crippen LogP contribution in [-0.4, -0.2) is 11.8 Å². The lowest BCUT2D eigenvalue weighted by Gasteiger charge is -2.27. The van der Waals surface area contributed by atoms with Crippen molar-refractivity contribution >= 4 is 62.6 Å². The fourth-order valence-electron chi connectivity index (χ4n) is 8.26. The largest absolute Gasteiger partial charge is 0.469 e. The number of unbranched alkanes of at least 4 members (excludes halogenated alkanes) is 2. The fraction of sp³-hybridized carbons (Fsp3) is 0.191. The van der Waals surface area contributed by atoms with Gasteiger partial charge in [-0.3, -0.25) is 0 Å². The molecular weight excluding hydrogens is 619 g/mol. The number of hydrogen-bond acceptors (Lipinski definition) is 2. The molecule has 8 aromatic rings. The molecule has 0 atom stereocenters. The van der Waals surface area contributed by atoms with Crippen LogP contribution in [-0.2, 0) is 11.8 Å². The van der Waals surface area contributed by atoms with E-state index in [1.807, 2.05) is 0 Å². The highest BCUT2D eigenvalue weighted by Crippen LogP contribution is 2.44. The Kier molecular flexibility index (Phi) is 7.65. The molecular formula is C47H43BN2O. The normalized spacial score (nSPS) is 12.4. The number of nitrogens with one attached hydrogen (secondary N) is 1. The summed E-state index contributed by atoms with van der Waals surface area (Å²) in [5.74, 6) is 0. The van der Waals surface area contributed by atoms with Gasteiger partial charge in [0, 0.05) is 38.6 Å². The summed E-state index contributed by atoms with van der Waals surface area (Å²) in [5.41, 5.74) is 16.7. The lowest BCUT2D eigenvalue weighted by molar-refractivity contribution is 0.596. The lowest BCUT2D eigenvalue weighted by atomic mass is 9.61. The molecule has 0 bridgehead atoms. The molecule has 51 heavy (non-hydrogen) atoms. The minimum Gasteiger partial charge on any atom is -0.469 e. The third kappa shape index (κ3) is 5.36. The summed E-state index contributed by atoms with van der Waals surface area (Å²) in [6.45, 7) is 9.30. The van der Waals surface area contributed by atoms with Crippen molar-refractivity contribution in [2.75, 3.05) is 5.32 Å². The highest BCUT2D eigenvalue weighted by atomic mass is 16.3. The highest BCUT2D eigenvalue weighted by Gasteiger charge is 2.33. The van der Waals surface area contributed by atoms with Gasteiger partial charge >= 0.3 is 0 Å². The number of aromatic nitrogens is 1. The molecule has 0 aliphatic carbocycles. The summed E-state index contributed by atoms with van der Waals surface area (Å²) in [6, 6.07) is 46.5. The van der Waals surface area contributed by atoms with Crippen LogP contribution in [0.15, 0.2) is 132 Å². The van der Waals surface area contributed by atoms with Crippen molar-refractivity contribution in [2.24, 2.45) is 0 Å². The van der Waals surface area contributed by atoms with Gasteiger partial charge in [-0.25, -0.2) is 0 Å². The Morgan fingerprint density at radius 2 is 1.47 bits per heavy atom. The summed E-state index contributed by atoms with van der Waals surface area (Å²) in [7, 11) is 0.720. The molecule has 3 nitrogen and oxygen atoms in total. The van der Waals surface area contributed by atoms with Crippen molar-refractivity contribution in [1.82, 2.24) is 4.57 Å². The Balaban J connectivity index is 1.27. The maximum Gasteiger partial charge on any atom is 0.244 e. The van der Waals surface area contributed by atoms with Crippen LogP contribution in [0.5, 0.6) is 0 Å². The van der Waals surface area contributed by atoms with E-state index >= 15 is 0 Å². The zero-order valence-electron chi connectivity index (χ0n) is 30.0. The molecule has 0 spiro atoms. The number of rotatable bonds is 8. The summed E-state index contributed by atoms with van der Waals surface area (Å²) in [6.07, 6.45) is 4.90. The van der Waals surface area contributed by atoms with E-state index in [2.05, 4.69) is 165 Å². The number of nitrogens with zero attached hydrogens (tertiary/aromatic N) is 1. The first-order valence-corrected chi connectivity index (χ1v) is 18.5.